The van der Waals surface area contributed by atoms with Crippen LogP contribution in [0.1, 0.15) is 30.6 Å². The van der Waals surface area contributed by atoms with Crippen LogP contribution in [0, 0.1) is 0 Å². The van der Waals surface area contributed by atoms with Crippen LogP contribution < -0.4 is 15.4 Å². The number of carbonyl (C=O) groups is 2. The fourth-order valence-electron chi connectivity index (χ4n) is 2.19. The molecular formula is C14H18N2O3. The van der Waals surface area contributed by atoms with E-state index in [2.05, 4.69) is 0 Å². The van der Waals surface area contributed by atoms with Gasteiger partial charge in [-0.25, -0.2) is 0 Å². The molecule has 1 heterocycles. The lowest BCUT2D eigenvalue weighted by atomic mass is 10.1. The molecule has 0 saturated carbocycles. The molecule has 19 heavy (non-hydrogen) atoms. The smallest absolute Gasteiger partial charge is 0.265 e. The number of hydrogen-bond donors (Lipinski definition) is 1. The predicted octanol–water partition coefficient (Wildman–Crippen LogP) is 1.35. The molecule has 0 atom stereocenters. The zero-order valence-electron chi connectivity index (χ0n) is 11.2. The van der Waals surface area contributed by atoms with E-state index in [1.54, 1.807) is 23.1 Å². The molecule has 1 aliphatic rings. The Kier molecular flexibility index (Phi) is 3.85. The van der Waals surface area contributed by atoms with Crippen molar-refractivity contribution in [1.29, 1.82) is 0 Å². The van der Waals surface area contributed by atoms with Crippen molar-refractivity contribution in [2.75, 3.05) is 18.1 Å². The van der Waals surface area contributed by atoms with E-state index >= 15 is 0 Å². The van der Waals surface area contributed by atoms with Gasteiger partial charge in [0, 0.05) is 18.0 Å². The number of carbonyl (C=O) groups excluding carboxylic acids is 2. The first-order valence-corrected chi connectivity index (χ1v) is 6.36. The maximum atomic E-state index is 11.9. The molecule has 0 saturated heterocycles. The molecule has 0 bridgehead atoms. The highest BCUT2D eigenvalue weighted by molar-refractivity contribution is 6.02. The van der Waals surface area contributed by atoms with Crippen LogP contribution in [0.4, 0.5) is 5.69 Å². The number of nitrogens with two attached hydrogens (primary N) is 1. The number of hydrogen-bond acceptors (Lipinski definition) is 4. The monoisotopic (exact) mass is 262 g/mol. The van der Waals surface area contributed by atoms with Crippen LogP contribution in [0.5, 0.6) is 5.75 Å². The van der Waals surface area contributed by atoms with E-state index in [1.165, 1.54) is 0 Å². The number of amides is 1. The number of ketones is 1. The average molecular weight is 262 g/mol. The third kappa shape index (κ3) is 2.61. The summed E-state index contributed by atoms with van der Waals surface area (Å²) in [6, 6.07) is 5.19. The molecule has 1 aliphatic heterocycles. The van der Waals surface area contributed by atoms with Gasteiger partial charge in [-0.05, 0) is 38.6 Å². The van der Waals surface area contributed by atoms with Crippen molar-refractivity contribution in [3.8, 4) is 5.75 Å². The summed E-state index contributed by atoms with van der Waals surface area (Å²) in [4.78, 5) is 25.4. The van der Waals surface area contributed by atoms with Crippen molar-refractivity contribution in [1.82, 2.24) is 0 Å². The molecule has 2 rings (SSSR count). The van der Waals surface area contributed by atoms with Gasteiger partial charge < -0.3 is 15.4 Å². The summed E-state index contributed by atoms with van der Waals surface area (Å²) < 4.78 is 5.38. The third-order valence-electron chi connectivity index (χ3n) is 3.05. The number of benzene rings is 1. The number of rotatable bonds is 4. The summed E-state index contributed by atoms with van der Waals surface area (Å²) in [7, 11) is 0. The third-order valence-corrected chi connectivity index (χ3v) is 3.05. The standard InChI is InChI=1S/C14H18N2O3/c1-9(2)16-11-7-10(12(17)5-6-15)3-4-13(11)19-8-14(16)18/h3-4,7,9H,5-6,8,15H2,1-2H3. The largest absolute Gasteiger partial charge is 0.482 e. The number of Topliss-reactive ketones (excluding diaryl/α,β-unsaturated/α-hetero) is 1. The Bertz CT molecular complexity index is 511. The van der Waals surface area contributed by atoms with Gasteiger partial charge in [0.1, 0.15) is 5.75 Å². The highest BCUT2D eigenvalue weighted by Gasteiger charge is 2.28. The number of fused-ring (bicyclic) bond motifs is 1. The van der Waals surface area contributed by atoms with E-state index in [0.29, 0.717) is 30.0 Å². The predicted molar refractivity (Wildman–Crippen MR) is 72.6 cm³/mol. The van der Waals surface area contributed by atoms with Gasteiger partial charge in [-0.1, -0.05) is 0 Å². The second kappa shape index (κ2) is 5.40. The summed E-state index contributed by atoms with van der Waals surface area (Å²) >= 11 is 0. The molecule has 0 fully saturated rings. The Morgan fingerprint density at radius 1 is 1.47 bits per heavy atom. The van der Waals surface area contributed by atoms with Gasteiger partial charge >= 0.3 is 0 Å². The zero-order chi connectivity index (χ0) is 14.0. The SMILES string of the molecule is CC(C)N1C(=O)COc2ccc(C(=O)CCN)cc21. The fraction of sp³-hybridized carbons (Fsp3) is 0.429. The maximum absolute atomic E-state index is 11.9. The van der Waals surface area contributed by atoms with Crippen molar-refractivity contribution in [3.05, 3.63) is 23.8 Å². The highest BCUT2D eigenvalue weighted by atomic mass is 16.5. The van der Waals surface area contributed by atoms with Crippen molar-refractivity contribution in [2.45, 2.75) is 26.3 Å². The normalized spacial score (nSPS) is 14.3. The Morgan fingerprint density at radius 3 is 2.84 bits per heavy atom. The van der Waals surface area contributed by atoms with Gasteiger partial charge in [-0.3, -0.25) is 9.59 Å². The lowest BCUT2D eigenvalue weighted by molar-refractivity contribution is -0.121. The summed E-state index contributed by atoms with van der Waals surface area (Å²) in [5.74, 6) is 0.524. The number of nitrogens with zero attached hydrogens (tertiary/aromatic N) is 1. The molecule has 5 nitrogen and oxygen atoms in total. The minimum absolute atomic E-state index is 0.0213. The van der Waals surface area contributed by atoms with E-state index in [-0.39, 0.29) is 24.3 Å². The molecular weight excluding hydrogens is 244 g/mol. The van der Waals surface area contributed by atoms with Gasteiger partial charge in [0.05, 0.1) is 5.69 Å². The fourth-order valence-corrected chi connectivity index (χ4v) is 2.19. The first kappa shape index (κ1) is 13.5. The highest BCUT2D eigenvalue weighted by Crippen LogP contribution is 2.34. The van der Waals surface area contributed by atoms with Crippen LogP contribution in [-0.4, -0.2) is 30.9 Å². The van der Waals surface area contributed by atoms with Gasteiger partial charge in [-0.2, -0.15) is 0 Å². The summed E-state index contributed by atoms with van der Waals surface area (Å²) in [6.45, 7) is 4.23. The Morgan fingerprint density at radius 2 is 2.21 bits per heavy atom. The molecule has 0 unspecified atom stereocenters. The summed E-state index contributed by atoms with van der Waals surface area (Å²) in [5.41, 5.74) is 6.62. The van der Waals surface area contributed by atoms with Crippen molar-refractivity contribution >= 4 is 17.4 Å². The van der Waals surface area contributed by atoms with Gasteiger partial charge in [0.2, 0.25) is 0 Å². The summed E-state index contributed by atoms with van der Waals surface area (Å²) in [6.07, 6.45) is 0.301. The first-order valence-electron chi connectivity index (χ1n) is 6.36. The van der Waals surface area contributed by atoms with E-state index in [9.17, 15) is 9.59 Å². The van der Waals surface area contributed by atoms with Crippen LogP contribution in [0.25, 0.3) is 0 Å². The topological polar surface area (TPSA) is 72.6 Å². The maximum Gasteiger partial charge on any atom is 0.265 e. The van der Waals surface area contributed by atoms with Gasteiger partial charge in [0.15, 0.2) is 12.4 Å². The molecule has 5 heteroatoms. The minimum Gasteiger partial charge on any atom is -0.482 e. The van der Waals surface area contributed by atoms with Crippen molar-refractivity contribution < 1.29 is 14.3 Å². The first-order chi connectivity index (χ1) is 9.04. The molecule has 0 aromatic heterocycles. The molecule has 0 spiro atoms. The molecule has 102 valence electrons. The van der Waals surface area contributed by atoms with E-state index in [1.807, 2.05) is 13.8 Å². The van der Waals surface area contributed by atoms with Crippen molar-refractivity contribution in [3.63, 3.8) is 0 Å². The molecule has 1 aromatic rings. The Hall–Kier alpha value is -1.88. The van der Waals surface area contributed by atoms with Crippen molar-refractivity contribution in [2.24, 2.45) is 5.73 Å². The van der Waals surface area contributed by atoms with Crippen LogP contribution in [0.3, 0.4) is 0 Å². The van der Waals surface area contributed by atoms with E-state index < -0.39 is 0 Å². The van der Waals surface area contributed by atoms with Crippen LogP contribution >= 0.6 is 0 Å². The van der Waals surface area contributed by atoms with Gasteiger partial charge in [-0.15, -0.1) is 0 Å². The molecule has 1 aromatic carbocycles. The molecule has 1 amide bonds. The Labute approximate surface area is 112 Å². The Balaban J connectivity index is 2.41. The number of ether oxygens (including phenoxy) is 1. The minimum atomic E-state index is -0.0917. The zero-order valence-corrected chi connectivity index (χ0v) is 11.2. The number of anilines is 1. The van der Waals surface area contributed by atoms with Crippen LogP contribution in [-0.2, 0) is 4.79 Å². The van der Waals surface area contributed by atoms with Crippen LogP contribution in [0.15, 0.2) is 18.2 Å². The molecule has 2 N–H and O–H groups in total. The summed E-state index contributed by atoms with van der Waals surface area (Å²) in [5, 5.41) is 0. The average Bonchev–Trinajstić information content (AvgIpc) is 2.37. The van der Waals surface area contributed by atoms with E-state index in [0.717, 1.165) is 0 Å². The molecule has 0 radical (unpaired) electrons. The quantitative estimate of drug-likeness (QED) is 0.831. The lowest BCUT2D eigenvalue weighted by Crippen LogP contribution is -2.43. The second-order valence-electron chi connectivity index (χ2n) is 4.79. The molecule has 0 aliphatic carbocycles. The second-order valence-corrected chi connectivity index (χ2v) is 4.79. The van der Waals surface area contributed by atoms with Crippen LogP contribution in [0.2, 0.25) is 0 Å². The van der Waals surface area contributed by atoms with Gasteiger partial charge in [0.25, 0.3) is 5.91 Å². The lowest BCUT2D eigenvalue weighted by Gasteiger charge is -2.32. The van der Waals surface area contributed by atoms with E-state index in [4.69, 9.17) is 10.5 Å².